The minimum atomic E-state index is -4.70. The molecule has 7 heteroatoms. The van der Waals surface area contributed by atoms with Crippen molar-refractivity contribution in [2.24, 2.45) is 0 Å². The van der Waals surface area contributed by atoms with Crippen LogP contribution in [0.15, 0.2) is 30.4 Å². The van der Waals surface area contributed by atoms with E-state index in [9.17, 15) is 9.36 Å². The lowest BCUT2D eigenvalue weighted by molar-refractivity contribution is 0.103. The second-order valence-electron chi connectivity index (χ2n) is 3.41. The van der Waals surface area contributed by atoms with Crippen LogP contribution in [0.1, 0.15) is 17.3 Å². The Hall–Kier alpha value is -1.62. The molecule has 0 radical (unpaired) electrons. The number of hydrogen-bond acceptors (Lipinski definition) is 4. The zero-order chi connectivity index (χ0) is 13.2. The zero-order valence-corrected chi connectivity index (χ0v) is 9.98. The Morgan fingerprint density at radius 1 is 1.47 bits per heavy atom. The average molecular weight is 257 g/mol. The van der Waals surface area contributed by atoms with Crippen LogP contribution in [-0.4, -0.2) is 15.6 Å². The van der Waals surface area contributed by atoms with E-state index in [1.165, 1.54) is 25.1 Å². The number of allylic oxidation sites excluding steroid dienone is 1. The number of rotatable bonds is 4. The fraction of sp³-hybridized carbons (Fsp3) is 0.100. The van der Waals surface area contributed by atoms with E-state index in [0.717, 1.165) is 0 Å². The second-order valence-corrected chi connectivity index (χ2v) is 4.57. The summed E-state index contributed by atoms with van der Waals surface area (Å²) in [6, 6.07) is 4.11. The van der Waals surface area contributed by atoms with Crippen molar-refractivity contribution < 1.29 is 23.7 Å². The van der Waals surface area contributed by atoms with Gasteiger partial charge in [0.05, 0.1) is 5.69 Å². The van der Waals surface area contributed by atoms with Crippen LogP contribution < -0.4 is 10.3 Å². The Balaban J connectivity index is 3.21. The maximum Gasteiger partial charge on any atom is 0.524 e. The molecule has 1 aromatic rings. The monoisotopic (exact) mass is 257 g/mol. The first kappa shape index (κ1) is 13.4. The first-order valence-electron chi connectivity index (χ1n) is 4.56. The van der Waals surface area contributed by atoms with E-state index in [1.807, 2.05) is 0 Å². The molecule has 0 aliphatic carbocycles. The minimum absolute atomic E-state index is 0.100. The van der Waals surface area contributed by atoms with Gasteiger partial charge in [0, 0.05) is 5.56 Å². The summed E-state index contributed by atoms with van der Waals surface area (Å²) in [6.45, 7) is 4.99. The summed E-state index contributed by atoms with van der Waals surface area (Å²) in [7, 11) is -4.70. The van der Waals surface area contributed by atoms with E-state index >= 15 is 0 Å². The van der Waals surface area contributed by atoms with Crippen molar-refractivity contribution in [1.82, 2.24) is 0 Å². The van der Waals surface area contributed by atoms with Crippen LogP contribution in [0.2, 0.25) is 0 Å². The number of benzene rings is 1. The van der Waals surface area contributed by atoms with Crippen molar-refractivity contribution in [2.75, 3.05) is 5.73 Å². The number of nitrogens with two attached hydrogens (primary N) is 1. The topological polar surface area (TPSA) is 110 Å². The number of nitrogen functional groups attached to an aromatic ring is 1. The Labute approximate surface area is 98.0 Å². The molecule has 0 spiro atoms. The fourth-order valence-electron chi connectivity index (χ4n) is 1.18. The van der Waals surface area contributed by atoms with Crippen LogP contribution in [0.4, 0.5) is 5.69 Å². The summed E-state index contributed by atoms with van der Waals surface area (Å²) < 4.78 is 15.0. The molecule has 4 N–H and O–H groups in total. The molecule has 0 aliphatic heterocycles. The molecule has 1 aromatic carbocycles. The van der Waals surface area contributed by atoms with Gasteiger partial charge in [0.1, 0.15) is 0 Å². The van der Waals surface area contributed by atoms with Gasteiger partial charge in [-0.25, -0.2) is 4.57 Å². The van der Waals surface area contributed by atoms with E-state index < -0.39 is 13.6 Å². The highest BCUT2D eigenvalue weighted by atomic mass is 31.2. The highest BCUT2D eigenvalue weighted by molar-refractivity contribution is 7.46. The molecule has 0 aromatic heterocycles. The summed E-state index contributed by atoms with van der Waals surface area (Å²) in [6.07, 6.45) is 0. The van der Waals surface area contributed by atoms with Gasteiger partial charge in [-0.15, -0.1) is 0 Å². The lowest BCUT2D eigenvalue weighted by atomic mass is 10.0. The maximum atomic E-state index is 11.7. The highest BCUT2D eigenvalue weighted by Gasteiger charge is 2.20. The van der Waals surface area contributed by atoms with Crippen molar-refractivity contribution in [2.45, 2.75) is 6.92 Å². The van der Waals surface area contributed by atoms with Gasteiger partial charge in [-0.05, 0) is 24.6 Å². The molecule has 0 atom stereocenters. The Bertz CT molecular complexity index is 519. The maximum absolute atomic E-state index is 11.7. The molecule has 1 rings (SSSR count). The van der Waals surface area contributed by atoms with Gasteiger partial charge in [0.25, 0.3) is 0 Å². The van der Waals surface area contributed by atoms with Crippen LogP contribution in [0.3, 0.4) is 0 Å². The third-order valence-electron chi connectivity index (χ3n) is 1.92. The molecule has 0 heterocycles. The van der Waals surface area contributed by atoms with Gasteiger partial charge < -0.3 is 10.3 Å². The predicted octanol–water partition coefficient (Wildman–Crippen LogP) is 1.50. The first-order chi connectivity index (χ1) is 7.72. The van der Waals surface area contributed by atoms with E-state index in [4.69, 9.17) is 15.5 Å². The first-order valence-corrected chi connectivity index (χ1v) is 6.09. The largest absolute Gasteiger partial charge is 0.524 e. The molecular formula is C10H12NO5P. The quantitative estimate of drug-likeness (QED) is 0.326. The molecule has 0 aliphatic rings. The number of phosphoric ester groups is 1. The Morgan fingerprint density at radius 3 is 2.53 bits per heavy atom. The molecule has 0 saturated heterocycles. The normalized spacial score (nSPS) is 11.0. The number of ketones is 1. The smallest absolute Gasteiger partial charge is 0.402 e. The number of hydrogen-bond donors (Lipinski definition) is 3. The molecule has 0 fully saturated rings. The summed E-state index contributed by atoms with van der Waals surface area (Å²) >= 11 is 0. The van der Waals surface area contributed by atoms with Gasteiger partial charge in [-0.1, -0.05) is 12.6 Å². The third kappa shape index (κ3) is 3.42. The van der Waals surface area contributed by atoms with Gasteiger partial charge in [-0.3, -0.25) is 14.6 Å². The molecule has 6 nitrogen and oxygen atoms in total. The van der Waals surface area contributed by atoms with Crippen molar-refractivity contribution in [3.63, 3.8) is 0 Å². The van der Waals surface area contributed by atoms with Gasteiger partial charge >= 0.3 is 7.82 Å². The van der Waals surface area contributed by atoms with E-state index in [2.05, 4.69) is 11.1 Å². The second kappa shape index (κ2) is 4.71. The molecule has 0 amide bonds. The predicted molar refractivity (Wildman–Crippen MR) is 62.7 cm³/mol. The van der Waals surface area contributed by atoms with Crippen molar-refractivity contribution >= 4 is 19.3 Å². The van der Waals surface area contributed by atoms with Crippen LogP contribution in [0.5, 0.6) is 5.75 Å². The highest BCUT2D eigenvalue weighted by Crippen LogP contribution is 2.41. The number of phosphoric acid groups is 1. The van der Waals surface area contributed by atoms with E-state index in [-0.39, 0.29) is 22.6 Å². The summed E-state index contributed by atoms with van der Waals surface area (Å²) in [5.74, 6) is -0.635. The van der Waals surface area contributed by atoms with Crippen LogP contribution in [0, 0.1) is 0 Å². The van der Waals surface area contributed by atoms with Crippen molar-refractivity contribution in [3.8, 4) is 5.75 Å². The lowest BCUT2D eigenvalue weighted by Gasteiger charge is -2.11. The molecule has 0 unspecified atom stereocenters. The van der Waals surface area contributed by atoms with Crippen LogP contribution in [0.25, 0.3) is 0 Å². The van der Waals surface area contributed by atoms with E-state index in [1.54, 1.807) is 0 Å². The molecule has 92 valence electrons. The van der Waals surface area contributed by atoms with Gasteiger partial charge in [0.15, 0.2) is 11.5 Å². The number of para-hydroxylation sites is 1. The number of anilines is 1. The van der Waals surface area contributed by atoms with Gasteiger partial charge in [-0.2, -0.15) is 0 Å². The lowest BCUT2D eigenvalue weighted by Crippen LogP contribution is -2.06. The van der Waals surface area contributed by atoms with Crippen LogP contribution in [-0.2, 0) is 4.57 Å². The summed E-state index contributed by atoms with van der Waals surface area (Å²) in [5.41, 5.74) is 5.85. The van der Waals surface area contributed by atoms with Gasteiger partial charge in [0.2, 0.25) is 0 Å². The van der Waals surface area contributed by atoms with Crippen molar-refractivity contribution in [1.29, 1.82) is 0 Å². The molecule has 17 heavy (non-hydrogen) atoms. The Kier molecular flexibility index (Phi) is 3.72. The summed E-state index contributed by atoms with van der Waals surface area (Å²) in [4.78, 5) is 29.0. The average Bonchev–Trinajstić information content (AvgIpc) is 2.18. The van der Waals surface area contributed by atoms with E-state index in [0.29, 0.717) is 0 Å². The Morgan fingerprint density at radius 2 is 2.06 bits per heavy atom. The minimum Gasteiger partial charge on any atom is -0.402 e. The number of carbonyl (C=O) groups is 1. The number of Topliss-reactive ketones (excluding diaryl/α,β-unsaturated/α-hetero) is 1. The summed E-state index contributed by atoms with van der Waals surface area (Å²) in [5, 5.41) is 0. The molecule has 0 saturated carbocycles. The molecule has 0 bridgehead atoms. The van der Waals surface area contributed by atoms with Crippen molar-refractivity contribution in [3.05, 3.63) is 35.9 Å². The number of carbonyl (C=O) groups excluding carboxylic acids is 1. The molecular weight excluding hydrogens is 245 g/mol. The standard InChI is InChI=1S/C10H12NO5P/c1-6(2)10(12)7-4-3-5-8(9(7)11)16-17(13,14)15/h3-5H,1,11H2,2H3,(H2,13,14,15). The zero-order valence-electron chi connectivity index (χ0n) is 9.08. The van der Waals surface area contributed by atoms with Crippen LogP contribution >= 0.6 is 7.82 Å². The third-order valence-corrected chi connectivity index (χ3v) is 2.35. The SMILES string of the molecule is C=C(C)C(=O)c1cccc(OP(=O)(O)O)c1N. The fourth-order valence-corrected chi connectivity index (χ4v) is 1.60.